The van der Waals surface area contributed by atoms with Crippen LogP contribution in [0.2, 0.25) is 0 Å². The van der Waals surface area contributed by atoms with Crippen LogP contribution in [0.25, 0.3) is 0 Å². The Morgan fingerprint density at radius 1 is 1.03 bits per heavy atom. The highest BCUT2D eigenvalue weighted by atomic mass is 16.5. The van der Waals surface area contributed by atoms with Crippen LogP contribution in [0.4, 0.5) is 0 Å². The van der Waals surface area contributed by atoms with E-state index in [2.05, 4.69) is 9.88 Å². The van der Waals surface area contributed by atoms with E-state index in [1.54, 1.807) is 6.20 Å². The van der Waals surface area contributed by atoms with Gasteiger partial charge in [-0.3, -0.25) is 9.69 Å². The number of fused-ring (bicyclic) bond motifs is 2. The SMILES string of the molecule is CC1CN(C(=O)CN2CCCCCOc3ccccc3Oc3ncccc3C2)CC(C)O1. The number of carbonyl (C=O) groups excluding carboxylic acids is 1. The monoisotopic (exact) mass is 439 g/mol. The maximum absolute atomic E-state index is 13.1. The molecule has 7 nitrogen and oxygen atoms in total. The summed E-state index contributed by atoms with van der Waals surface area (Å²) in [5.41, 5.74) is 0.957. The molecule has 1 aromatic carbocycles. The fourth-order valence-electron chi connectivity index (χ4n) is 4.32. The second-order valence-electron chi connectivity index (χ2n) is 8.69. The fourth-order valence-corrected chi connectivity index (χ4v) is 4.32. The third-order valence-electron chi connectivity index (χ3n) is 5.81. The largest absolute Gasteiger partial charge is 0.490 e. The second-order valence-corrected chi connectivity index (χ2v) is 8.69. The van der Waals surface area contributed by atoms with Gasteiger partial charge in [0.05, 0.1) is 25.4 Å². The van der Waals surface area contributed by atoms with Crippen LogP contribution in [0.5, 0.6) is 17.4 Å². The maximum Gasteiger partial charge on any atom is 0.236 e. The summed E-state index contributed by atoms with van der Waals surface area (Å²) in [4.78, 5) is 21.7. The molecule has 7 heteroatoms. The van der Waals surface area contributed by atoms with E-state index in [-0.39, 0.29) is 18.1 Å². The number of amides is 1. The molecule has 1 amide bonds. The van der Waals surface area contributed by atoms with Crippen LogP contribution >= 0.6 is 0 Å². The normalized spacial score (nSPS) is 22.8. The molecular weight excluding hydrogens is 406 g/mol. The first-order valence-corrected chi connectivity index (χ1v) is 11.6. The number of para-hydroxylation sites is 2. The van der Waals surface area contributed by atoms with Crippen LogP contribution in [0.1, 0.15) is 38.7 Å². The van der Waals surface area contributed by atoms with Crippen LogP contribution in [-0.4, -0.2) is 65.7 Å². The zero-order valence-electron chi connectivity index (χ0n) is 19.0. The van der Waals surface area contributed by atoms with Crippen molar-refractivity contribution in [2.75, 3.05) is 32.8 Å². The van der Waals surface area contributed by atoms with Crippen LogP contribution in [0.3, 0.4) is 0 Å². The first kappa shape index (κ1) is 22.6. The topological polar surface area (TPSA) is 64.1 Å². The molecule has 1 saturated heterocycles. The van der Waals surface area contributed by atoms with E-state index in [1.165, 1.54) is 0 Å². The Hall–Kier alpha value is -2.64. The molecule has 0 radical (unpaired) electrons. The Bertz CT molecular complexity index is 896. The van der Waals surface area contributed by atoms with Crippen molar-refractivity contribution in [3.8, 4) is 17.4 Å². The number of morpholine rings is 1. The lowest BCUT2D eigenvalue weighted by atomic mass is 10.2. The zero-order valence-corrected chi connectivity index (χ0v) is 19.0. The molecule has 2 atom stereocenters. The molecule has 1 fully saturated rings. The number of hydrogen-bond donors (Lipinski definition) is 0. The number of aromatic nitrogens is 1. The van der Waals surface area contributed by atoms with Gasteiger partial charge >= 0.3 is 0 Å². The predicted octanol–water partition coefficient (Wildman–Crippen LogP) is 3.87. The number of nitrogens with zero attached hydrogens (tertiary/aromatic N) is 3. The molecule has 0 saturated carbocycles. The summed E-state index contributed by atoms with van der Waals surface area (Å²) in [5.74, 6) is 2.08. The van der Waals surface area contributed by atoms with Crippen molar-refractivity contribution in [1.82, 2.24) is 14.8 Å². The summed E-state index contributed by atoms with van der Waals surface area (Å²) in [6, 6.07) is 11.6. The van der Waals surface area contributed by atoms with Crippen molar-refractivity contribution >= 4 is 5.91 Å². The smallest absolute Gasteiger partial charge is 0.236 e. The summed E-state index contributed by atoms with van der Waals surface area (Å²) < 4.78 is 17.9. The van der Waals surface area contributed by atoms with Gasteiger partial charge in [-0.1, -0.05) is 18.2 Å². The van der Waals surface area contributed by atoms with E-state index < -0.39 is 0 Å². The number of rotatable bonds is 2. The molecule has 3 heterocycles. The summed E-state index contributed by atoms with van der Waals surface area (Å²) in [5, 5.41) is 0. The second kappa shape index (κ2) is 10.8. The van der Waals surface area contributed by atoms with Gasteiger partial charge < -0.3 is 19.1 Å². The Balaban J connectivity index is 1.53. The Morgan fingerprint density at radius 2 is 1.81 bits per heavy atom. The van der Waals surface area contributed by atoms with Crippen LogP contribution in [-0.2, 0) is 16.1 Å². The highest BCUT2D eigenvalue weighted by Gasteiger charge is 2.27. The first-order valence-electron chi connectivity index (χ1n) is 11.6. The number of pyridine rings is 1. The Kier molecular flexibility index (Phi) is 7.60. The molecule has 2 aromatic rings. The van der Waals surface area contributed by atoms with Gasteiger partial charge in [-0.05, 0) is 57.9 Å². The lowest BCUT2D eigenvalue weighted by Gasteiger charge is -2.36. The molecule has 172 valence electrons. The molecule has 4 rings (SSSR count). The molecule has 2 unspecified atom stereocenters. The van der Waals surface area contributed by atoms with Crippen molar-refractivity contribution in [2.24, 2.45) is 0 Å². The van der Waals surface area contributed by atoms with Gasteiger partial charge in [0.1, 0.15) is 0 Å². The zero-order chi connectivity index (χ0) is 22.3. The summed E-state index contributed by atoms with van der Waals surface area (Å²) >= 11 is 0. The predicted molar refractivity (Wildman–Crippen MR) is 122 cm³/mol. The highest BCUT2D eigenvalue weighted by molar-refractivity contribution is 5.78. The van der Waals surface area contributed by atoms with Crippen LogP contribution in [0.15, 0.2) is 42.6 Å². The minimum absolute atomic E-state index is 0.0659. The molecule has 2 aliphatic rings. The molecule has 32 heavy (non-hydrogen) atoms. The molecule has 0 spiro atoms. The molecule has 0 bridgehead atoms. The van der Waals surface area contributed by atoms with Crippen LogP contribution < -0.4 is 9.47 Å². The minimum Gasteiger partial charge on any atom is -0.490 e. The van der Waals surface area contributed by atoms with Crippen molar-refractivity contribution in [3.05, 3.63) is 48.2 Å². The lowest BCUT2D eigenvalue weighted by Crippen LogP contribution is -2.51. The van der Waals surface area contributed by atoms with Gasteiger partial charge in [-0.2, -0.15) is 0 Å². The lowest BCUT2D eigenvalue weighted by molar-refractivity contribution is -0.144. The van der Waals surface area contributed by atoms with Gasteiger partial charge in [0.25, 0.3) is 0 Å². The Labute approximate surface area is 190 Å². The van der Waals surface area contributed by atoms with E-state index in [1.807, 2.05) is 55.1 Å². The van der Waals surface area contributed by atoms with Crippen LogP contribution in [0, 0.1) is 0 Å². The molecule has 1 aromatic heterocycles. The quantitative estimate of drug-likeness (QED) is 0.708. The maximum atomic E-state index is 13.1. The van der Waals surface area contributed by atoms with E-state index in [0.29, 0.717) is 44.4 Å². The van der Waals surface area contributed by atoms with E-state index in [4.69, 9.17) is 14.2 Å². The highest BCUT2D eigenvalue weighted by Crippen LogP contribution is 2.32. The number of benzene rings is 1. The average Bonchev–Trinajstić information content (AvgIpc) is 2.78. The molecular formula is C25H33N3O4. The standard InChI is InChI=1S/C25H33N3O4/c1-19-15-28(16-20(2)31-19)24(29)18-27-13-6-3-7-14-30-22-10-4-5-11-23(22)32-25-21(17-27)9-8-12-26-25/h4-5,8-12,19-20H,3,6-7,13-18H2,1-2H3. The van der Waals surface area contributed by atoms with Gasteiger partial charge in [-0.25, -0.2) is 4.98 Å². The fraction of sp³-hybridized carbons (Fsp3) is 0.520. The van der Waals surface area contributed by atoms with Gasteiger partial charge in [0.15, 0.2) is 11.5 Å². The van der Waals surface area contributed by atoms with E-state index >= 15 is 0 Å². The number of carbonyl (C=O) groups is 1. The van der Waals surface area contributed by atoms with Crippen molar-refractivity contribution in [3.63, 3.8) is 0 Å². The summed E-state index contributed by atoms with van der Waals surface area (Å²) in [6.45, 7) is 7.79. The summed E-state index contributed by atoms with van der Waals surface area (Å²) in [6.07, 6.45) is 4.86. The first-order chi connectivity index (χ1) is 15.6. The van der Waals surface area contributed by atoms with Crippen molar-refractivity contribution in [2.45, 2.75) is 51.9 Å². The van der Waals surface area contributed by atoms with Gasteiger partial charge in [0.2, 0.25) is 11.8 Å². The number of hydrogen-bond acceptors (Lipinski definition) is 6. The molecule has 0 aliphatic carbocycles. The molecule has 2 aliphatic heterocycles. The minimum atomic E-state index is 0.0659. The third kappa shape index (κ3) is 5.99. The Morgan fingerprint density at radius 3 is 2.62 bits per heavy atom. The van der Waals surface area contributed by atoms with Crippen molar-refractivity contribution < 1.29 is 19.0 Å². The summed E-state index contributed by atoms with van der Waals surface area (Å²) in [7, 11) is 0. The molecule has 0 N–H and O–H groups in total. The van der Waals surface area contributed by atoms with Crippen molar-refractivity contribution in [1.29, 1.82) is 0 Å². The van der Waals surface area contributed by atoms with E-state index in [0.717, 1.165) is 37.1 Å². The third-order valence-corrected chi connectivity index (χ3v) is 5.81. The van der Waals surface area contributed by atoms with Gasteiger partial charge in [-0.15, -0.1) is 0 Å². The van der Waals surface area contributed by atoms with E-state index in [9.17, 15) is 4.79 Å². The number of ether oxygens (including phenoxy) is 3. The average molecular weight is 440 g/mol. The van der Waals surface area contributed by atoms with Gasteiger partial charge in [0, 0.05) is 31.4 Å².